The smallest absolute Gasteiger partial charge is 0.130 e. The van der Waals surface area contributed by atoms with Crippen molar-refractivity contribution < 1.29 is 0 Å². The minimum absolute atomic E-state index is 0.148. The summed E-state index contributed by atoms with van der Waals surface area (Å²) < 4.78 is 3.36. The predicted octanol–water partition coefficient (Wildman–Crippen LogP) is 4.06. The second-order valence-corrected chi connectivity index (χ2v) is 5.89. The molecule has 0 aliphatic heterocycles. The zero-order valence-corrected chi connectivity index (χ0v) is 13.9. The first-order valence-corrected chi connectivity index (χ1v) is 7.97. The van der Waals surface area contributed by atoms with Crippen LogP contribution in [0.25, 0.3) is 0 Å². The highest BCUT2D eigenvalue weighted by atomic mass is 79.9. The first-order valence-electron chi connectivity index (χ1n) is 7.17. The van der Waals surface area contributed by atoms with Gasteiger partial charge in [0.05, 0.1) is 6.04 Å². The van der Waals surface area contributed by atoms with Gasteiger partial charge in [-0.2, -0.15) is 0 Å². The van der Waals surface area contributed by atoms with E-state index < -0.39 is 0 Å². The first kappa shape index (κ1) is 15.3. The number of benzene rings is 1. The van der Waals surface area contributed by atoms with E-state index in [-0.39, 0.29) is 6.04 Å². The third kappa shape index (κ3) is 3.30. The van der Waals surface area contributed by atoms with Crippen molar-refractivity contribution in [3.63, 3.8) is 0 Å². The molecule has 0 aliphatic rings. The summed E-state index contributed by atoms with van der Waals surface area (Å²) in [5.41, 5.74) is 2.56. The fourth-order valence-corrected chi connectivity index (χ4v) is 2.99. The molecule has 1 aromatic carbocycles. The lowest BCUT2D eigenvalue weighted by atomic mass is 10.0. The van der Waals surface area contributed by atoms with Crippen molar-refractivity contribution in [2.45, 2.75) is 39.8 Å². The number of halogens is 1. The van der Waals surface area contributed by atoms with Gasteiger partial charge in [0.1, 0.15) is 5.82 Å². The summed E-state index contributed by atoms with van der Waals surface area (Å²) in [5, 5.41) is 3.56. The minimum atomic E-state index is 0.148. The van der Waals surface area contributed by atoms with Crippen LogP contribution in [0.15, 0.2) is 35.1 Å². The van der Waals surface area contributed by atoms with Gasteiger partial charge in [-0.25, -0.2) is 4.98 Å². The third-order valence-corrected chi connectivity index (χ3v) is 3.91. The number of aromatic nitrogens is 2. The lowest BCUT2D eigenvalue weighted by Crippen LogP contribution is -2.26. The number of hydrogen-bond donors (Lipinski definition) is 1. The lowest BCUT2D eigenvalue weighted by molar-refractivity contribution is 0.542. The van der Waals surface area contributed by atoms with Crippen LogP contribution >= 0.6 is 15.9 Å². The van der Waals surface area contributed by atoms with Gasteiger partial charge < -0.3 is 9.88 Å². The molecule has 1 atom stereocenters. The van der Waals surface area contributed by atoms with Gasteiger partial charge in [-0.1, -0.05) is 35.8 Å². The maximum atomic E-state index is 4.58. The highest BCUT2D eigenvalue weighted by molar-refractivity contribution is 9.10. The monoisotopic (exact) mass is 335 g/mol. The fraction of sp³-hybridized carbons (Fsp3) is 0.438. The molecule has 0 aliphatic carbocycles. The molecule has 2 aromatic rings. The van der Waals surface area contributed by atoms with E-state index in [0.29, 0.717) is 0 Å². The van der Waals surface area contributed by atoms with Crippen molar-refractivity contribution >= 4 is 15.9 Å². The van der Waals surface area contributed by atoms with Gasteiger partial charge in [0, 0.05) is 23.4 Å². The van der Waals surface area contributed by atoms with Crippen LogP contribution in [-0.4, -0.2) is 16.1 Å². The largest absolute Gasteiger partial charge is 0.333 e. The summed E-state index contributed by atoms with van der Waals surface area (Å²) in [6.07, 6.45) is 5.07. The molecule has 3 nitrogen and oxygen atoms in total. The van der Waals surface area contributed by atoms with Crippen LogP contribution in [-0.2, 0) is 6.54 Å². The molecular weight excluding hydrogens is 314 g/mol. The van der Waals surface area contributed by atoms with E-state index in [1.165, 1.54) is 11.1 Å². The molecule has 20 heavy (non-hydrogen) atoms. The van der Waals surface area contributed by atoms with Gasteiger partial charge in [0.15, 0.2) is 0 Å². The average Bonchev–Trinajstić information content (AvgIpc) is 2.85. The molecular formula is C16H22BrN3. The van der Waals surface area contributed by atoms with Crippen LogP contribution in [0.4, 0.5) is 0 Å². The molecule has 0 bridgehead atoms. The number of hydrogen-bond acceptors (Lipinski definition) is 2. The van der Waals surface area contributed by atoms with Crippen molar-refractivity contribution in [1.82, 2.24) is 14.9 Å². The molecule has 1 heterocycles. The average molecular weight is 336 g/mol. The van der Waals surface area contributed by atoms with Crippen LogP contribution in [0.5, 0.6) is 0 Å². The van der Waals surface area contributed by atoms with Crippen LogP contribution < -0.4 is 5.32 Å². The van der Waals surface area contributed by atoms with E-state index in [1.54, 1.807) is 0 Å². The Hall–Kier alpha value is -1.13. The van der Waals surface area contributed by atoms with E-state index in [0.717, 1.165) is 29.8 Å². The molecule has 1 aromatic heterocycles. The Labute approximate surface area is 129 Å². The van der Waals surface area contributed by atoms with Gasteiger partial charge in [0.2, 0.25) is 0 Å². The molecule has 4 heteroatoms. The Balaban J connectivity index is 2.42. The van der Waals surface area contributed by atoms with E-state index in [2.05, 4.69) is 76.0 Å². The lowest BCUT2D eigenvalue weighted by Gasteiger charge is -2.21. The van der Waals surface area contributed by atoms with Crippen molar-refractivity contribution in [2.75, 3.05) is 6.54 Å². The quantitative estimate of drug-likeness (QED) is 0.862. The summed E-state index contributed by atoms with van der Waals surface area (Å²) in [6, 6.07) is 6.58. The number of aryl methyl sites for hydroxylation is 2. The first-order chi connectivity index (χ1) is 9.67. The second kappa shape index (κ2) is 7.04. The van der Waals surface area contributed by atoms with Crippen molar-refractivity contribution in [1.29, 1.82) is 0 Å². The second-order valence-electron chi connectivity index (χ2n) is 4.97. The van der Waals surface area contributed by atoms with Crippen molar-refractivity contribution in [2.24, 2.45) is 0 Å². The molecule has 1 N–H and O–H groups in total. The SMILES string of the molecule is CCCn1ccnc1C(NCC)c1ccc(Br)cc1C. The molecule has 0 saturated heterocycles. The Morgan fingerprint density at radius 3 is 2.80 bits per heavy atom. The molecule has 108 valence electrons. The van der Waals surface area contributed by atoms with E-state index in [9.17, 15) is 0 Å². The Bertz CT molecular complexity index is 563. The number of nitrogens with one attached hydrogen (secondary N) is 1. The zero-order chi connectivity index (χ0) is 14.5. The molecule has 0 saturated carbocycles. The number of imidazole rings is 1. The van der Waals surface area contributed by atoms with Crippen LogP contribution in [0.2, 0.25) is 0 Å². The Kier molecular flexibility index (Phi) is 5.38. The maximum absolute atomic E-state index is 4.58. The van der Waals surface area contributed by atoms with E-state index >= 15 is 0 Å². The number of rotatable bonds is 6. The van der Waals surface area contributed by atoms with Crippen LogP contribution in [0.3, 0.4) is 0 Å². The van der Waals surface area contributed by atoms with Crippen molar-refractivity contribution in [3.8, 4) is 0 Å². The van der Waals surface area contributed by atoms with Gasteiger partial charge in [-0.15, -0.1) is 0 Å². The van der Waals surface area contributed by atoms with Crippen molar-refractivity contribution in [3.05, 3.63) is 52.0 Å². The Morgan fingerprint density at radius 2 is 2.15 bits per heavy atom. The molecule has 1 unspecified atom stereocenters. The molecule has 0 spiro atoms. The third-order valence-electron chi connectivity index (χ3n) is 3.42. The normalized spacial score (nSPS) is 12.6. The Morgan fingerprint density at radius 1 is 1.35 bits per heavy atom. The van der Waals surface area contributed by atoms with Gasteiger partial charge in [0.25, 0.3) is 0 Å². The van der Waals surface area contributed by atoms with Gasteiger partial charge >= 0.3 is 0 Å². The summed E-state index contributed by atoms with van der Waals surface area (Å²) in [5.74, 6) is 1.10. The van der Waals surface area contributed by atoms with Crippen LogP contribution in [0, 0.1) is 6.92 Å². The van der Waals surface area contributed by atoms with E-state index in [4.69, 9.17) is 0 Å². The summed E-state index contributed by atoms with van der Waals surface area (Å²) in [6.45, 7) is 8.40. The molecule has 0 amide bonds. The van der Waals surface area contributed by atoms with Crippen LogP contribution in [0.1, 0.15) is 43.3 Å². The molecule has 0 fully saturated rings. The topological polar surface area (TPSA) is 29.9 Å². The molecule has 0 radical (unpaired) electrons. The van der Waals surface area contributed by atoms with E-state index in [1.807, 2.05) is 6.20 Å². The fourth-order valence-electron chi connectivity index (χ4n) is 2.52. The zero-order valence-electron chi connectivity index (χ0n) is 12.4. The predicted molar refractivity (Wildman–Crippen MR) is 86.9 cm³/mol. The number of nitrogens with zero attached hydrogens (tertiary/aromatic N) is 2. The van der Waals surface area contributed by atoms with Gasteiger partial charge in [-0.3, -0.25) is 0 Å². The summed E-state index contributed by atoms with van der Waals surface area (Å²) in [7, 11) is 0. The highest BCUT2D eigenvalue weighted by Crippen LogP contribution is 2.26. The summed E-state index contributed by atoms with van der Waals surface area (Å²) in [4.78, 5) is 4.58. The minimum Gasteiger partial charge on any atom is -0.333 e. The summed E-state index contributed by atoms with van der Waals surface area (Å²) >= 11 is 3.53. The maximum Gasteiger partial charge on any atom is 0.130 e. The van der Waals surface area contributed by atoms with Gasteiger partial charge in [-0.05, 0) is 43.1 Å². The highest BCUT2D eigenvalue weighted by Gasteiger charge is 2.19. The standard InChI is InChI=1S/C16H22BrN3/c1-4-9-20-10-8-19-16(20)15(18-5-2)14-7-6-13(17)11-12(14)3/h6-8,10-11,15,18H,4-5,9H2,1-3H3. The molecule has 2 rings (SSSR count).